The summed E-state index contributed by atoms with van der Waals surface area (Å²) in [6, 6.07) is 7.81. The maximum atomic E-state index is 12.2. The van der Waals surface area contributed by atoms with Crippen LogP contribution in [-0.2, 0) is 6.54 Å². The van der Waals surface area contributed by atoms with Crippen LogP contribution in [0.3, 0.4) is 0 Å². The Kier molecular flexibility index (Phi) is 8.62. The van der Waals surface area contributed by atoms with Gasteiger partial charge in [-0.05, 0) is 43.9 Å². The third kappa shape index (κ3) is 6.24. The first-order chi connectivity index (χ1) is 12.7. The van der Waals surface area contributed by atoms with Crippen LogP contribution in [0.2, 0.25) is 0 Å². The molecule has 150 valence electrons. The molecule has 3 N–H and O–H groups in total. The topological polar surface area (TPSA) is 80.2 Å². The molecule has 0 aliphatic carbocycles. The molecule has 2 heterocycles. The molecule has 2 fully saturated rings. The van der Waals surface area contributed by atoms with Crippen molar-refractivity contribution in [1.29, 1.82) is 0 Å². The van der Waals surface area contributed by atoms with Crippen molar-refractivity contribution in [3.63, 3.8) is 0 Å². The molecule has 2 aliphatic rings. The van der Waals surface area contributed by atoms with Crippen LogP contribution in [0, 0.1) is 0 Å². The number of nitrogens with one attached hydrogen (secondary N) is 2. The number of guanidine groups is 1. The number of benzene rings is 1. The number of aliphatic hydroxyl groups is 1. The molecule has 27 heavy (non-hydrogen) atoms. The van der Waals surface area contributed by atoms with E-state index in [1.165, 1.54) is 0 Å². The molecule has 1 aromatic carbocycles. The molecular formula is C19H30IN5O2. The Balaban J connectivity index is 0.00000261. The first kappa shape index (κ1) is 21.7. The highest BCUT2D eigenvalue weighted by Crippen LogP contribution is 2.15. The Bertz CT molecular complexity index is 649. The Morgan fingerprint density at radius 1 is 1.26 bits per heavy atom. The van der Waals surface area contributed by atoms with Crippen LogP contribution in [0.4, 0.5) is 10.5 Å². The van der Waals surface area contributed by atoms with E-state index < -0.39 is 0 Å². The number of hydrogen-bond acceptors (Lipinski definition) is 3. The molecule has 7 nitrogen and oxygen atoms in total. The zero-order valence-corrected chi connectivity index (χ0v) is 18.2. The largest absolute Gasteiger partial charge is 0.391 e. The third-order valence-corrected chi connectivity index (χ3v) is 4.78. The number of carbonyl (C=O) groups excluding carboxylic acids is 1. The highest BCUT2D eigenvalue weighted by atomic mass is 127. The molecule has 2 aliphatic heterocycles. The van der Waals surface area contributed by atoms with E-state index in [1.54, 1.807) is 0 Å². The summed E-state index contributed by atoms with van der Waals surface area (Å²) in [7, 11) is 0. The molecule has 0 bridgehead atoms. The average Bonchev–Trinajstić information content (AvgIpc) is 3.31. The normalized spacial score (nSPS) is 19.8. The van der Waals surface area contributed by atoms with E-state index in [4.69, 9.17) is 4.99 Å². The van der Waals surface area contributed by atoms with Crippen LogP contribution >= 0.6 is 24.0 Å². The zero-order chi connectivity index (χ0) is 18.4. The number of amides is 2. The van der Waals surface area contributed by atoms with E-state index in [0.29, 0.717) is 13.1 Å². The lowest BCUT2D eigenvalue weighted by Gasteiger charge is -2.21. The Morgan fingerprint density at radius 3 is 2.70 bits per heavy atom. The fraction of sp³-hybridized carbons (Fsp3) is 0.579. The molecule has 1 atom stereocenters. The predicted octanol–water partition coefficient (Wildman–Crippen LogP) is 2.46. The second kappa shape index (κ2) is 10.7. The summed E-state index contributed by atoms with van der Waals surface area (Å²) in [6.45, 7) is 6.47. The number of nitrogens with zero attached hydrogens (tertiary/aromatic N) is 3. The molecule has 1 aromatic rings. The fourth-order valence-electron chi connectivity index (χ4n) is 3.40. The third-order valence-electron chi connectivity index (χ3n) is 4.78. The number of carbonyl (C=O) groups is 1. The Labute approximate surface area is 178 Å². The smallest absolute Gasteiger partial charge is 0.321 e. The minimum absolute atomic E-state index is 0. The number of hydrogen-bond donors (Lipinski definition) is 3. The standard InChI is InChI=1S/C19H29N5O2.HI/c1-2-20-18(24-11-8-17(25)14-24)21-13-15-6-5-7-16(12-15)22-19(26)23-9-3-4-10-23;/h5-7,12,17,25H,2-4,8-11,13-14H2,1H3,(H,20,21)(H,22,26);1H/t17-;/m1./s1. The number of rotatable bonds is 4. The number of anilines is 1. The van der Waals surface area contributed by atoms with Gasteiger partial charge >= 0.3 is 6.03 Å². The quantitative estimate of drug-likeness (QED) is 0.347. The SMILES string of the molecule is CCNC(=NCc1cccc(NC(=O)N2CCCC2)c1)N1CC[C@@H](O)C1.I. The van der Waals surface area contributed by atoms with Gasteiger partial charge < -0.3 is 25.5 Å². The minimum atomic E-state index is -0.275. The molecule has 2 saturated heterocycles. The van der Waals surface area contributed by atoms with E-state index in [2.05, 4.69) is 15.5 Å². The minimum Gasteiger partial charge on any atom is -0.391 e. The number of aliphatic hydroxyl groups excluding tert-OH is 1. The van der Waals surface area contributed by atoms with Crippen molar-refractivity contribution in [3.05, 3.63) is 29.8 Å². The van der Waals surface area contributed by atoms with Gasteiger partial charge in [0.2, 0.25) is 0 Å². The molecule has 2 amide bonds. The number of urea groups is 1. The second-order valence-corrected chi connectivity index (χ2v) is 6.88. The van der Waals surface area contributed by atoms with E-state index in [9.17, 15) is 9.90 Å². The summed E-state index contributed by atoms with van der Waals surface area (Å²) >= 11 is 0. The molecule has 0 saturated carbocycles. The Hall–Kier alpha value is -1.55. The van der Waals surface area contributed by atoms with E-state index in [-0.39, 0.29) is 36.1 Å². The van der Waals surface area contributed by atoms with Gasteiger partial charge in [0.05, 0.1) is 12.6 Å². The fourth-order valence-corrected chi connectivity index (χ4v) is 3.40. The average molecular weight is 487 g/mol. The van der Waals surface area contributed by atoms with Crippen molar-refractivity contribution >= 4 is 41.7 Å². The van der Waals surface area contributed by atoms with Crippen molar-refractivity contribution < 1.29 is 9.90 Å². The lowest BCUT2D eigenvalue weighted by atomic mass is 10.2. The van der Waals surface area contributed by atoms with Crippen LogP contribution in [0.15, 0.2) is 29.3 Å². The number of β-amino-alcohol motifs (C(OH)–C–C–N with tert-alkyl or cyclic N) is 1. The molecule has 3 rings (SSSR count). The Morgan fingerprint density at radius 2 is 2.04 bits per heavy atom. The molecular weight excluding hydrogens is 457 g/mol. The van der Waals surface area contributed by atoms with Crippen molar-refractivity contribution in [2.24, 2.45) is 4.99 Å². The second-order valence-electron chi connectivity index (χ2n) is 6.88. The maximum absolute atomic E-state index is 12.2. The van der Waals surface area contributed by atoms with Crippen molar-refractivity contribution in [2.75, 3.05) is 38.0 Å². The van der Waals surface area contributed by atoms with Gasteiger partial charge in [-0.1, -0.05) is 12.1 Å². The van der Waals surface area contributed by atoms with E-state index >= 15 is 0 Å². The number of likely N-dealkylation sites (tertiary alicyclic amines) is 2. The van der Waals surface area contributed by atoms with Crippen LogP contribution in [0.5, 0.6) is 0 Å². The van der Waals surface area contributed by atoms with Gasteiger partial charge in [-0.25, -0.2) is 9.79 Å². The lowest BCUT2D eigenvalue weighted by Crippen LogP contribution is -2.40. The summed E-state index contributed by atoms with van der Waals surface area (Å²) in [6.07, 6.45) is 2.67. The first-order valence-corrected chi connectivity index (χ1v) is 9.52. The predicted molar refractivity (Wildman–Crippen MR) is 119 cm³/mol. The van der Waals surface area contributed by atoms with Crippen LogP contribution in [0.1, 0.15) is 31.7 Å². The van der Waals surface area contributed by atoms with Crippen molar-refractivity contribution in [3.8, 4) is 0 Å². The van der Waals surface area contributed by atoms with Crippen LogP contribution in [-0.4, -0.2) is 65.7 Å². The first-order valence-electron chi connectivity index (χ1n) is 9.52. The molecule has 0 aromatic heterocycles. The molecule has 0 radical (unpaired) electrons. The number of aliphatic imine (C=N–C) groups is 1. The molecule has 0 spiro atoms. The highest BCUT2D eigenvalue weighted by Gasteiger charge is 2.22. The van der Waals surface area contributed by atoms with Gasteiger partial charge in [0.15, 0.2) is 5.96 Å². The van der Waals surface area contributed by atoms with Gasteiger partial charge in [-0.2, -0.15) is 0 Å². The van der Waals surface area contributed by atoms with Crippen molar-refractivity contribution in [1.82, 2.24) is 15.1 Å². The summed E-state index contributed by atoms with van der Waals surface area (Å²) < 4.78 is 0. The zero-order valence-electron chi connectivity index (χ0n) is 15.9. The summed E-state index contributed by atoms with van der Waals surface area (Å²) in [5.74, 6) is 0.829. The number of halogens is 1. The monoisotopic (exact) mass is 487 g/mol. The van der Waals surface area contributed by atoms with Gasteiger partial charge in [-0.3, -0.25) is 0 Å². The molecule has 8 heteroatoms. The van der Waals surface area contributed by atoms with Crippen LogP contribution < -0.4 is 10.6 Å². The van der Waals surface area contributed by atoms with Crippen LogP contribution in [0.25, 0.3) is 0 Å². The summed E-state index contributed by atoms with van der Waals surface area (Å²) in [4.78, 5) is 20.9. The summed E-state index contributed by atoms with van der Waals surface area (Å²) in [5, 5.41) is 16.0. The summed E-state index contributed by atoms with van der Waals surface area (Å²) in [5.41, 5.74) is 1.84. The lowest BCUT2D eigenvalue weighted by molar-refractivity contribution is 0.188. The van der Waals surface area contributed by atoms with E-state index in [1.807, 2.05) is 36.1 Å². The van der Waals surface area contributed by atoms with Gasteiger partial charge in [0, 0.05) is 38.4 Å². The van der Waals surface area contributed by atoms with Gasteiger partial charge in [0.25, 0.3) is 0 Å². The van der Waals surface area contributed by atoms with Crippen molar-refractivity contribution in [2.45, 2.75) is 38.8 Å². The molecule has 0 unspecified atom stereocenters. The van der Waals surface area contributed by atoms with E-state index in [0.717, 1.165) is 62.7 Å². The maximum Gasteiger partial charge on any atom is 0.321 e. The van der Waals surface area contributed by atoms with Gasteiger partial charge in [-0.15, -0.1) is 24.0 Å². The highest BCUT2D eigenvalue weighted by molar-refractivity contribution is 14.0. The van der Waals surface area contributed by atoms with Gasteiger partial charge in [0.1, 0.15) is 0 Å².